The average molecular weight is 346 g/mol. The lowest BCUT2D eigenvalue weighted by atomic mass is 10.0. The summed E-state index contributed by atoms with van der Waals surface area (Å²) in [5.74, 6) is -2.83. The summed E-state index contributed by atoms with van der Waals surface area (Å²) in [4.78, 5) is 49.6. The Morgan fingerprint density at radius 2 is 1.72 bits per heavy atom. The maximum atomic E-state index is 12.5. The Balaban J connectivity index is 2.19. The second-order valence-corrected chi connectivity index (χ2v) is 6.73. The minimum Gasteiger partial charge on any atom is -0.480 e. The molecule has 0 saturated carbocycles. The zero-order chi connectivity index (χ0) is 18.9. The van der Waals surface area contributed by atoms with Crippen LogP contribution in [-0.4, -0.2) is 45.8 Å². The van der Waals surface area contributed by atoms with E-state index in [9.17, 15) is 24.3 Å². The van der Waals surface area contributed by atoms with Crippen molar-refractivity contribution in [3.05, 3.63) is 34.9 Å². The van der Waals surface area contributed by atoms with Crippen LogP contribution in [0.15, 0.2) is 18.2 Å². The van der Waals surface area contributed by atoms with E-state index in [1.165, 1.54) is 6.92 Å². The van der Waals surface area contributed by atoms with Gasteiger partial charge in [0.15, 0.2) is 0 Å². The van der Waals surface area contributed by atoms with Gasteiger partial charge in [-0.25, -0.2) is 4.79 Å². The van der Waals surface area contributed by atoms with E-state index in [0.29, 0.717) is 0 Å². The molecule has 3 amide bonds. The Morgan fingerprint density at radius 1 is 1.12 bits per heavy atom. The Morgan fingerprint density at radius 3 is 2.28 bits per heavy atom. The number of aliphatic carboxylic acids is 1. The average Bonchev–Trinajstić information content (AvgIpc) is 2.76. The number of amides is 3. The lowest BCUT2D eigenvalue weighted by Gasteiger charge is -2.24. The van der Waals surface area contributed by atoms with Gasteiger partial charge >= 0.3 is 5.97 Å². The highest BCUT2D eigenvalue weighted by Crippen LogP contribution is 2.25. The monoisotopic (exact) mass is 346 g/mol. The first-order valence-corrected chi connectivity index (χ1v) is 8.15. The summed E-state index contributed by atoms with van der Waals surface area (Å²) in [5.41, 5.74) is 1.36. The smallest absolute Gasteiger partial charge is 0.326 e. The van der Waals surface area contributed by atoms with Gasteiger partial charge in [0, 0.05) is 0 Å². The third kappa shape index (κ3) is 3.70. The van der Waals surface area contributed by atoms with Gasteiger partial charge in [0.25, 0.3) is 11.8 Å². The lowest BCUT2D eigenvalue weighted by molar-refractivity contribution is -0.142. The van der Waals surface area contributed by atoms with Crippen molar-refractivity contribution >= 4 is 23.7 Å². The molecule has 0 fully saturated rings. The molecule has 7 nitrogen and oxygen atoms in total. The number of hydrogen-bond donors (Lipinski definition) is 2. The minimum atomic E-state index is -1.15. The number of carboxylic acids is 1. The van der Waals surface area contributed by atoms with Gasteiger partial charge in [-0.3, -0.25) is 19.3 Å². The van der Waals surface area contributed by atoms with Crippen LogP contribution in [0.1, 0.15) is 53.5 Å². The molecule has 0 saturated heterocycles. The largest absolute Gasteiger partial charge is 0.480 e. The van der Waals surface area contributed by atoms with Crippen LogP contribution in [0.25, 0.3) is 0 Å². The summed E-state index contributed by atoms with van der Waals surface area (Å²) in [5, 5.41) is 11.7. The fourth-order valence-electron chi connectivity index (χ4n) is 2.83. The number of fused-ring (bicyclic) bond motifs is 1. The summed E-state index contributed by atoms with van der Waals surface area (Å²) in [6, 6.07) is 2.74. The predicted molar refractivity (Wildman–Crippen MR) is 90.2 cm³/mol. The van der Waals surface area contributed by atoms with Crippen LogP contribution in [0.5, 0.6) is 0 Å². The number of nitrogens with zero attached hydrogens (tertiary/aromatic N) is 1. The maximum Gasteiger partial charge on any atom is 0.326 e. The van der Waals surface area contributed by atoms with Crippen molar-refractivity contribution in [2.45, 2.75) is 46.2 Å². The van der Waals surface area contributed by atoms with Crippen LogP contribution in [0.4, 0.5) is 0 Å². The predicted octanol–water partition coefficient (Wildman–Crippen LogP) is 1.60. The number of carbonyl (C=O) groups is 4. The first-order valence-electron chi connectivity index (χ1n) is 8.15. The highest BCUT2D eigenvalue weighted by Gasteiger charge is 2.41. The van der Waals surface area contributed by atoms with E-state index >= 15 is 0 Å². The molecule has 2 rings (SSSR count). The Hall–Kier alpha value is -2.70. The van der Waals surface area contributed by atoms with Gasteiger partial charge in [0.1, 0.15) is 12.1 Å². The summed E-state index contributed by atoms with van der Waals surface area (Å²) >= 11 is 0. The zero-order valence-electron chi connectivity index (χ0n) is 14.7. The molecule has 0 spiro atoms. The van der Waals surface area contributed by atoms with E-state index in [1.807, 2.05) is 13.8 Å². The van der Waals surface area contributed by atoms with Crippen molar-refractivity contribution in [1.82, 2.24) is 10.2 Å². The molecule has 1 unspecified atom stereocenters. The summed E-state index contributed by atoms with van der Waals surface area (Å²) in [6.45, 7) is 6.91. The van der Waals surface area contributed by atoms with Crippen LogP contribution < -0.4 is 5.32 Å². The Kier molecular flexibility index (Phi) is 5.25. The van der Waals surface area contributed by atoms with E-state index in [1.54, 1.807) is 25.1 Å². The molecule has 25 heavy (non-hydrogen) atoms. The van der Waals surface area contributed by atoms with Crippen molar-refractivity contribution < 1.29 is 24.3 Å². The molecule has 1 aromatic rings. The third-order valence-electron chi connectivity index (χ3n) is 4.16. The number of imide groups is 1. The molecule has 1 aromatic carbocycles. The molecule has 1 heterocycles. The van der Waals surface area contributed by atoms with Gasteiger partial charge in [-0.1, -0.05) is 25.5 Å². The number of nitrogens with one attached hydrogen (secondary N) is 1. The molecular formula is C18H22N2O5. The number of aryl methyl sites for hydroxylation is 1. The van der Waals surface area contributed by atoms with E-state index < -0.39 is 35.8 Å². The molecule has 0 aliphatic carbocycles. The van der Waals surface area contributed by atoms with Crippen molar-refractivity contribution in [3.8, 4) is 0 Å². The highest BCUT2D eigenvalue weighted by atomic mass is 16.4. The second-order valence-electron chi connectivity index (χ2n) is 6.73. The lowest BCUT2D eigenvalue weighted by Crippen LogP contribution is -2.52. The van der Waals surface area contributed by atoms with E-state index in [2.05, 4.69) is 5.32 Å². The quantitative estimate of drug-likeness (QED) is 0.761. The molecule has 0 bridgehead atoms. The molecule has 1 aliphatic rings. The van der Waals surface area contributed by atoms with Gasteiger partial charge in [-0.15, -0.1) is 0 Å². The molecule has 2 N–H and O–H groups in total. The molecule has 1 aliphatic heterocycles. The number of carbonyl (C=O) groups excluding carboxylic acids is 3. The zero-order valence-corrected chi connectivity index (χ0v) is 14.7. The number of carboxylic acid groups (broad SMARTS) is 1. The standard InChI is InChI=1S/C18H22N2O5/c1-9(2)7-14(18(24)25)19-15(21)11(4)20-16(22)12-6-5-10(3)8-13(12)17(20)23/h5-6,8-9,11,14H,7H2,1-4H3,(H,19,21)(H,24,25)/t11?,14-/m1/s1. The SMILES string of the molecule is Cc1ccc2c(c1)C(=O)N(C(C)C(=O)N[C@H](CC(C)C)C(=O)O)C2=O. The fraction of sp³-hybridized carbons (Fsp3) is 0.444. The number of benzene rings is 1. The van der Waals surface area contributed by atoms with Crippen LogP contribution >= 0.6 is 0 Å². The van der Waals surface area contributed by atoms with E-state index in [0.717, 1.165) is 10.5 Å². The third-order valence-corrected chi connectivity index (χ3v) is 4.16. The first-order chi connectivity index (χ1) is 11.6. The molecular weight excluding hydrogens is 324 g/mol. The topological polar surface area (TPSA) is 104 Å². The molecule has 7 heteroatoms. The highest BCUT2D eigenvalue weighted by molar-refractivity contribution is 6.22. The van der Waals surface area contributed by atoms with Gasteiger partial charge in [0.2, 0.25) is 5.91 Å². The number of hydrogen-bond acceptors (Lipinski definition) is 4. The summed E-state index contributed by atoms with van der Waals surface area (Å²) in [7, 11) is 0. The van der Waals surface area contributed by atoms with Gasteiger partial charge in [-0.05, 0) is 38.3 Å². The Bertz CT molecular complexity index is 741. The van der Waals surface area contributed by atoms with Crippen molar-refractivity contribution in [1.29, 1.82) is 0 Å². The minimum absolute atomic E-state index is 0.0685. The summed E-state index contributed by atoms with van der Waals surface area (Å²) in [6.07, 6.45) is 0.259. The Labute approximate surface area is 146 Å². The van der Waals surface area contributed by atoms with Gasteiger partial charge < -0.3 is 10.4 Å². The summed E-state index contributed by atoms with van der Waals surface area (Å²) < 4.78 is 0. The number of rotatable bonds is 6. The molecule has 0 radical (unpaired) electrons. The van der Waals surface area contributed by atoms with Gasteiger partial charge in [-0.2, -0.15) is 0 Å². The normalized spacial score (nSPS) is 16.0. The molecule has 2 atom stereocenters. The molecule has 0 aromatic heterocycles. The van der Waals surface area contributed by atoms with Crippen LogP contribution in [0.2, 0.25) is 0 Å². The van der Waals surface area contributed by atoms with Crippen LogP contribution in [-0.2, 0) is 9.59 Å². The molecule has 134 valence electrons. The van der Waals surface area contributed by atoms with Crippen LogP contribution in [0, 0.1) is 12.8 Å². The van der Waals surface area contributed by atoms with E-state index in [4.69, 9.17) is 0 Å². The van der Waals surface area contributed by atoms with Crippen molar-refractivity contribution in [2.75, 3.05) is 0 Å². The van der Waals surface area contributed by atoms with Crippen molar-refractivity contribution in [3.63, 3.8) is 0 Å². The van der Waals surface area contributed by atoms with Crippen LogP contribution in [0.3, 0.4) is 0 Å². The first kappa shape index (κ1) is 18.6. The second kappa shape index (κ2) is 7.04. The van der Waals surface area contributed by atoms with E-state index in [-0.39, 0.29) is 23.5 Å². The fourth-order valence-corrected chi connectivity index (χ4v) is 2.83. The van der Waals surface area contributed by atoms with Gasteiger partial charge in [0.05, 0.1) is 11.1 Å². The van der Waals surface area contributed by atoms with Crippen molar-refractivity contribution in [2.24, 2.45) is 5.92 Å². The maximum absolute atomic E-state index is 12.5.